The van der Waals surface area contributed by atoms with Gasteiger partial charge < -0.3 is 9.16 Å². The highest BCUT2D eigenvalue weighted by atomic mass is 28.4. The summed E-state index contributed by atoms with van der Waals surface area (Å²) in [6.45, 7) is 18.3. The highest BCUT2D eigenvalue weighted by Gasteiger charge is 2.61. The first-order chi connectivity index (χ1) is 13.9. The van der Waals surface area contributed by atoms with E-state index in [2.05, 4.69) is 91.1 Å². The van der Waals surface area contributed by atoms with Crippen molar-refractivity contribution in [2.75, 3.05) is 7.11 Å². The van der Waals surface area contributed by atoms with Crippen molar-refractivity contribution < 1.29 is 14.0 Å². The topological polar surface area (TPSA) is 35.5 Å². The van der Waals surface area contributed by atoms with Crippen molar-refractivity contribution in [3.63, 3.8) is 0 Å². The Balaban J connectivity index is 2.04. The number of hydrogen-bond acceptors (Lipinski definition) is 3. The van der Waals surface area contributed by atoms with Crippen LogP contribution >= 0.6 is 0 Å². The SMILES string of the molecule is COC(=O)[C@]1(C)[C@H]2[C@H](C)[C@@H](O[Si](C)(C)C(C)(C)C)[C@@H](C)[C@@H]2C=C[C@@H]1c1ccccc1. The summed E-state index contributed by atoms with van der Waals surface area (Å²) in [4.78, 5) is 13.3. The van der Waals surface area contributed by atoms with Crippen LogP contribution in [0.25, 0.3) is 0 Å². The first-order valence-electron chi connectivity index (χ1n) is 11.4. The van der Waals surface area contributed by atoms with E-state index >= 15 is 0 Å². The Morgan fingerprint density at radius 2 is 1.63 bits per heavy atom. The summed E-state index contributed by atoms with van der Waals surface area (Å²) < 4.78 is 12.4. The van der Waals surface area contributed by atoms with Gasteiger partial charge in [-0.2, -0.15) is 0 Å². The van der Waals surface area contributed by atoms with E-state index in [4.69, 9.17) is 9.16 Å². The van der Waals surface area contributed by atoms with Gasteiger partial charge in [0.05, 0.1) is 18.6 Å². The highest BCUT2D eigenvalue weighted by molar-refractivity contribution is 6.74. The molecule has 0 saturated heterocycles. The van der Waals surface area contributed by atoms with Crippen molar-refractivity contribution in [1.29, 1.82) is 0 Å². The predicted octanol–water partition coefficient (Wildman–Crippen LogP) is 6.43. The maximum absolute atomic E-state index is 13.3. The molecule has 3 rings (SSSR count). The van der Waals surface area contributed by atoms with Crippen molar-refractivity contribution in [3.05, 3.63) is 48.0 Å². The maximum atomic E-state index is 13.3. The van der Waals surface area contributed by atoms with Gasteiger partial charge >= 0.3 is 5.97 Å². The van der Waals surface area contributed by atoms with Crippen LogP contribution in [0.5, 0.6) is 0 Å². The van der Waals surface area contributed by atoms with Crippen molar-refractivity contribution in [1.82, 2.24) is 0 Å². The number of methoxy groups -OCH3 is 1. The summed E-state index contributed by atoms with van der Waals surface area (Å²) >= 11 is 0. The van der Waals surface area contributed by atoms with Gasteiger partial charge in [-0.25, -0.2) is 0 Å². The number of allylic oxidation sites excluding steroid dienone is 2. The third-order valence-corrected chi connectivity index (χ3v) is 13.0. The fraction of sp³-hybridized carbons (Fsp3) is 0.654. The smallest absolute Gasteiger partial charge is 0.312 e. The highest BCUT2D eigenvalue weighted by Crippen LogP contribution is 2.60. The van der Waals surface area contributed by atoms with Crippen molar-refractivity contribution in [3.8, 4) is 0 Å². The lowest BCUT2D eigenvalue weighted by atomic mass is 9.57. The van der Waals surface area contributed by atoms with Gasteiger partial charge in [0.2, 0.25) is 0 Å². The molecule has 166 valence electrons. The van der Waals surface area contributed by atoms with E-state index in [0.29, 0.717) is 11.8 Å². The van der Waals surface area contributed by atoms with Crippen molar-refractivity contribution in [2.24, 2.45) is 29.1 Å². The minimum absolute atomic E-state index is 0.00803. The summed E-state index contributed by atoms with van der Waals surface area (Å²) in [5, 5.41) is 0.161. The molecule has 0 aliphatic heterocycles. The van der Waals surface area contributed by atoms with Crippen LogP contribution in [0.1, 0.15) is 53.0 Å². The Kier molecular flexibility index (Phi) is 6.16. The van der Waals surface area contributed by atoms with Gasteiger partial charge in [-0.15, -0.1) is 0 Å². The molecule has 0 N–H and O–H groups in total. The summed E-state index contributed by atoms with van der Waals surface area (Å²) in [6, 6.07) is 10.4. The largest absolute Gasteiger partial charge is 0.469 e. The maximum Gasteiger partial charge on any atom is 0.312 e. The molecule has 7 atom stereocenters. The molecule has 3 nitrogen and oxygen atoms in total. The average Bonchev–Trinajstić information content (AvgIpc) is 2.92. The quantitative estimate of drug-likeness (QED) is 0.315. The number of rotatable bonds is 4. The molecule has 1 saturated carbocycles. The first-order valence-corrected chi connectivity index (χ1v) is 14.3. The van der Waals surface area contributed by atoms with Gasteiger partial charge in [-0.3, -0.25) is 4.79 Å². The molecule has 2 aliphatic carbocycles. The zero-order valence-electron chi connectivity index (χ0n) is 20.2. The minimum Gasteiger partial charge on any atom is -0.469 e. The molecule has 1 aromatic carbocycles. The molecule has 0 spiro atoms. The van der Waals surface area contributed by atoms with E-state index in [-0.39, 0.29) is 34.9 Å². The van der Waals surface area contributed by atoms with Gasteiger partial charge in [-0.1, -0.05) is 77.1 Å². The van der Waals surface area contributed by atoms with Crippen molar-refractivity contribution >= 4 is 14.3 Å². The fourth-order valence-corrected chi connectivity index (χ4v) is 7.26. The molecule has 1 aromatic rings. The van der Waals surface area contributed by atoms with E-state index in [0.717, 1.165) is 0 Å². The third kappa shape index (κ3) is 3.60. The molecule has 2 aliphatic rings. The molecule has 30 heavy (non-hydrogen) atoms. The molecule has 0 aromatic heterocycles. The standard InChI is InChI=1S/C26H40O3Si/c1-17-20-15-16-21(19-13-11-10-12-14-19)26(6,24(27)28-7)22(20)18(2)23(17)29-30(8,9)25(3,4)5/h10-18,20-23H,1-9H3/t17-,18-,20-,21+,22-,23-,26-/m0/s1. The number of carbonyl (C=O) groups is 1. The Labute approximate surface area is 184 Å². The number of hydrogen-bond donors (Lipinski definition) is 0. The normalized spacial score (nSPS) is 36.4. The Bertz CT molecular complexity index is 794. The van der Waals surface area contributed by atoms with Crippen LogP contribution in [0.15, 0.2) is 42.5 Å². The lowest BCUT2D eigenvalue weighted by molar-refractivity contribution is -0.159. The number of ether oxygens (including phenoxy) is 1. The molecule has 0 amide bonds. The Morgan fingerprint density at radius 1 is 1.03 bits per heavy atom. The second-order valence-corrected chi connectivity index (χ2v) is 16.0. The molecule has 1 fully saturated rings. The van der Waals surface area contributed by atoms with Gasteiger partial charge in [0, 0.05) is 5.92 Å². The predicted molar refractivity (Wildman–Crippen MR) is 126 cm³/mol. The fourth-order valence-electron chi connectivity index (χ4n) is 5.80. The van der Waals surface area contributed by atoms with Crippen LogP contribution < -0.4 is 0 Å². The van der Waals surface area contributed by atoms with Gasteiger partial charge in [0.1, 0.15) is 0 Å². The Morgan fingerprint density at radius 3 is 2.17 bits per heavy atom. The molecule has 0 heterocycles. The molecular formula is C26H40O3Si. The van der Waals surface area contributed by atoms with Crippen LogP contribution in [0.2, 0.25) is 18.1 Å². The minimum atomic E-state index is -1.92. The summed E-state index contributed by atoms with van der Waals surface area (Å²) in [7, 11) is -0.397. The number of fused-ring (bicyclic) bond motifs is 1. The monoisotopic (exact) mass is 428 g/mol. The van der Waals surface area contributed by atoms with E-state index in [1.807, 2.05) is 6.07 Å². The van der Waals surface area contributed by atoms with Crippen LogP contribution in [-0.4, -0.2) is 27.5 Å². The van der Waals surface area contributed by atoms with E-state index < -0.39 is 13.7 Å². The van der Waals surface area contributed by atoms with Gasteiger partial charge in [0.15, 0.2) is 8.32 Å². The molecule has 0 radical (unpaired) electrons. The number of benzene rings is 1. The summed E-state index contributed by atoms with van der Waals surface area (Å²) in [6.07, 6.45) is 4.78. The lowest BCUT2D eigenvalue weighted by Gasteiger charge is -2.46. The number of esters is 1. The van der Waals surface area contributed by atoms with E-state index in [1.54, 1.807) is 0 Å². The van der Waals surface area contributed by atoms with Crippen LogP contribution in [0, 0.1) is 29.1 Å². The van der Waals surface area contributed by atoms with Gasteiger partial charge in [-0.05, 0) is 54.3 Å². The summed E-state index contributed by atoms with van der Waals surface area (Å²) in [5.41, 5.74) is 0.558. The Hall–Kier alpha value is -1.39. The zero-order valence-corrected chi connectivity index (χ0v) is 21.2. The number of carbonyl (C=O) groups excluding carboxylic acids is 1. The van der Waals surface area contributed by atoms with Gasteiger partial charge in [0.25, 0.3) is 0 Å². The molecule has 0 bridgehead atoms. The molecular weight excluding hydrogens is 388 g/mol. The van der Waals surface area contributed by atoms with Crippen LogP contribution in [-0.2, 0) is 14.0 Å². The van der Waals surface area contributed by atoms with Crippen LogP contribution in [0.4, 0.5) is 0 Å². The van der Waals surface area contributed by atoms with E-state index in [1.165, 1.54) is 12.7 Å². The average molecular weight is 429 g/mol. The summed E-state index contributed by atoms with van der Waals surface area (Å²) in [5.74, 6) is 1.05. The first kappa shape index (κ1) is 23.3. The zero-order chi connectivity index (χ0) is 22.5. The molecule has 0 unspecified atom stereocenters. The second-order valence-electron chi connectivity index (χ2n) is 11.2. The van der Waals surface area contributed by atoms with E-state index in [9.17, 15) is 4.79 Å². The molecule has 4 heteroatoms. The second kappa shape index (κ2) is 7.94. The van der Waals surface area contributed by atoms with Crippen molar-refractivity contribution in [2.45, 2.75) is 71.7 Å². The lowest BCUT2D eigenvalue weighted by Crippen LogP contribution is -2.48. The van der Waals surface area contributed by atoms with Crippen LogP contribution in [0.3, 0.4) is 0 Å². The third-order valence-electron chi connectivity index (χ3n) is 8.51.